The molecule has 0 aliphatic heterocycles. The van der Waals surface area contributed by atoms with E-state index in [2.05, 4.69) is 15.4 Å². The molecule has 0 fully saturated rings. The zero-order chi connectivity index (χ0) is 19.2. The number of hydrogen-bond donors (Lipinski definition) is 3. The summed E-state index contributed by atoms with van der Waals surface area (Å²) in [5, 5.41) is 5.89. The van der Waals surface area contributed by atoms with Gasteiger partial charge in [0.05, 0.1) is 4.90 Å². The molecule has 140 valence electrons. The van der Waals surface area contributed by atoms with Crippen LogP contribution in [0.2, 0.25) is 0 Å². The molecule has 0 bridgehead atoms. The van der Waals surface area contributed by atoms with Crippen LogP contribution in [0.15, 0.2) is 47.4 Å². The second-order valence-electron chi connectivity index (χ2n) is 6.04. The van der Waals surface area contributed by atoms with Gasteiger partial charge in [0.15, 0.2) is 0 Å². The average Bonchev–Trinajstić information content (AvgIpc) is 2.61. The Bertz CT molecular complexity index is 862. The molecule has 26 heavy (non-hydrogen) atoms. The lowest BCUT2D eigenvalue weighted by atomic mass is 10.1. The maximum Gasteiger partial charge on any atom is 0.261 e. The molecule has 7 heteroatoms. The SMILES string of the molecule is CCNCCNC(=O)c1ccc(S(=O)(=O)Nc2ccc(C)c(C)c2)cc1. The Kier molecular flexibility index (Phi) is 6.76. The summed E-state index contributed by atoms with van der Waals surface area (Å²) in [7, 11) is -3.70. The van der Waals surface area contributed by atoms with Crippen LogP contribution in [0.1, 0.15) is 28.4 Å². The number of carbonyl (C=O) groups is 1. The van der Waals surface area contributed by atoms with Crippen molar-refractivity contribution in [3.8, 4) is 0 Å². The van der Waals surface area contributed by atoms with E-state index in [1.54, 1.807) is 12.1 Å². The van der Waals surface area contributed by atoms with Gasteiger partial charge in [-0.15, -0.1) is 0 Å². The van der Waals surface area contributed by atoms with Crippen molar-refractivity contribution in [1.29, 1.82) is 0 Å². The van der Waals surface area contributed by atoms with Gasteiger partial charge in [-0.3, -0.25) is 9.52 Å². The molecule has 2 rings (SSSR count). The van der Waals surface area contributed by atoms with Crippen LogP contribution in [-0.4, -0.2) is 34.0 Å². The average molecular weight is 375 g/mol. The highest BCUT2D eigenvalue weighted by molar-refractivity contribution is 7.92. The molecule has 0 radical (unpaired) electrons. The van der Waals surface area contributed by atoms with E-state index in [-0.39, 0.29) is 10.8 Å². The third-order valence-electron chi connectivity index (χ3n) is 4.02. The van der Waals surface area contributed by atoms with E-state index in [4.69, 9.17) is 0 Å². The zero-order valence-corrected chi connectivity index (χ0v) is 16.1. The molecule has 0 saturated carbocycles. The van der Waals surface area contributed by atoms with Crippen molar-refractivity contribution in [2.45, 2.75) is 25.7 Å². The summed E-state index contributed by atoms with van der Waals surface area (Å²) in [6.07, 6.45) is 0. The van der Waals surface area contributed by atoms with Gasteiger partial charge in [0, 0.05) is 24.3 Å². The number of sulfonamides is 1. The molecule has 0 aliphatic rings. The molecular weight excluding hydrogens is 350 g/mol. The predicted molar refractivity (Wildman–Crippen MR) is 104 cm³/mol. The Morgan fingerprint density at radius 1 is 0.962 bits per heavy atom. The Hall–Kier alpha value is -2.38. The Labute approximate surface area is 155 Å². The van der Waals surface area contributed by atoms with E-state index in [0.717, 1.165) is 17.7 Å². The standard InChI is InChI=1S/C19H25N3O3S/c1-4-20-11-12-21-19(23)16-6-9-18(10-7-16)26(24,25)22-17-8-5-14(2)15(3)13-17/h5-10,13,20,22H,4,11-12H2,1-3H3,(H,21,23). The van der Waals surface area contributed by atoms with Crippen molar-refractivity contribution in [1.82, 2.24) is 10.6 Å². The van der Waals surface area contributed by atoms with Crippen LogP contribution in [0.25, 0.3) is 0 Å². The highest BCUT2D eigenvalue weighted by atomic mass is 32.2. The highest BCUT2D eigenvalue weighted by Gasteiger charge is 2.15. The topological polar surface area (TPSA) is 87.3 Å². The minimum absolute atomic E-state index is 0.111. The van der Waals surface area contributed by atoms with Crippen molar-refractivity contribution in [2.75, 3.05) is 24.4 Å². The number of rotatable bonds is 8. The summed E-state index contributed by atoms with van der Waals surface area (Å²) in [6, 6.07) is 11.3. The van der Waals surface area contributed by atoms with E-state index < -0.39 is 10.0 Å². The van der Waals surface area contributed by atoms with Crippen LogP contribution in [0.5, 0.6) is 0 Å². The van der Waals surface area contributed by atoms with E-state index in [0.29, 0.717) is 24.3 Å². The van der Waals surface area contributed by atoms with Crippen molar-refractivity contribution < 1.29 is 13.2 Å². The van der Waals surface area contributed by atoms with Crippen LogP contribution in [0, 0.1) is 13.8 Å². The molecule has 0 spiro atoms. The van der Waals surface area contributed by atoms with Gasteiger partial charge in [-0.1, -0.05) is 13.0 Å². The zero-order valence-electron chi connectivity index (χ0n) is 15.3. The van der Waals surface area contributed by atoms with Gasteiger partial charge in [0.2, 0.25) is 0 Å². The second kappa shape index (κ2) is 8.82. The molecule has 2 aromatic carbocycles. The van der Waals surface area contributed by atoms with Gasteiger partial charge in [0.25, 0.3) is 15.9 Å². The van der Waals surface area contributed by atoms with E-state index in [9.17, 15) is 13.2 Å². The van der Waals surface area contributed by atoms with Gasteiger partial charge >= 0.3 is 0 Å². The fourth-order valence-corrected chi connectivity index (χ4v) is 3.40. The lowest BCUT2D eigenvalue weighted by molar-refractivity contribution is 0.0954. The van der Waals surface area contributed by atoms with Crippen LogP contribution in [0.4, 0.5) is 5.69 Å². The number of hydrogen-bond acceptors (Lipinski definition) is 4. The predicted octanol–water partition coefficient (Wildman–Crippen LogP) is 2.44. The van der Waals surface area contributed by atoms with Gasteiger partial charge in [-0.2, -0.15) is 0 Å². The molecule has 1 amide bonds. The number of anilines is 1. The van der Waals surface area contributed by atoms with Crippen molar-refractivity contribution in [3.63, 3.8) is 0 Å². The van der Waals surface area contributed by atoms with E-state index in [1.165, 1.54) is 24.3 Å². The maximum atomic E-state index is 12.5. The second-order valence-corrected chi connectivity index (χ2v) is 7.72. The first-order valence-corrected chi connectivity index (χ1v) is 10.0. The first-order chi connectivity index (χ1) is 12.3. The first-order valence-electron chi connectivity index (χ1n) is 8.52. The molecule has 2 aromatic rings. The number of carbonyl (C=O) groups excluding carboxylic acids is 1. The molecule has 0 unspecified atom stereocenters. The molecular formula is C19H25N3O3S. The smallest absolute Gasteiger partial charge is 0.261 e. The quantitative estimate of drug-likeness (QED) is 0.619. The number of likely N-dealkylation sites (N-methyl/N-ethyl adjacent to an activating group) is 1. The number of aryl methyl sites for hydroxylation is 2. The maximum absolute atomic E-state index is 12.5. The molecule has 3 N–H and O–H groups in total. The lowest BCUT2D eigenvalue weighted by Gasteiger charge is -2.10. The lowest BCUT2D eigenvalue weighted by Crippen LogP contribution is -2.31. The molecule has 0 aliphatic carbocycles. The van der Waals surface area contributed by atoms with Crippen molar-refractivity contribution in [3.05, 3.63) is 59.2 Å². The molecule has 0 atom stereocenters. The minimum atomic E-state index is -3.70. The summed E-state index contributed by atoms with van der Waals surface area (Å²) >= 11 is 0. The van der Waals surface area contributed by atoms with Crippen LogP contribution >= 0.6 is 0 Å². The van der Waals surface area contributed by atoms with Gasteiger partial charge in [-0.25, -0.2) is 8.42 Å². The summed E-state index contributed by atoms with van der Waals surface area (Å²) in [4.78, 5) is 12.1. The number of nitrogens with one attached hydrogen (secondary N) is 3. The third-order valence-corrected chi connectivity index (χ3v) is 5.42. The first kappa shape index (κ1) is 19.9. The highest BCUT2D eigenvalue weighted by Crippen LogP contribution is 2.19. The van der Waals surface area contributed by atoms with Gasteiger partial charge < -0.3 is 10.6 Å². The monoisotopic (exact) mass is 375 g/mol. The minimum Gasteiger partial charge on any atom is -0.351 e. The van der Waals surface area contributed by atoms with E-state index in [1.807, 2.05) is 26.8 Å². The summed E-state index contributed by atoms with van der Waals surface area (Å²) < 4.78 is 27.6. The number of amides is 1. The molecule has 0 heterocycles. The van der Waals surface area contributed by atoms with E-state index >= 15 is 0 Å². The molecule has 0 aromatic heterocycles. The normalized spacial score (nSPS) is 11.2. The molecule has 0 saturated heterocycles. The summed E-state index contributed by atoms with van der Waals surface area (Å²) in [5.74, 6) is -0.228. The Morgan fingerprint density at radius 2 is 1.65 bits per heavy atom. The van der Waals surface area contributed by atoms with Gasteiger partial charge in [0.1, 0.15) is 0 Å². The summed E-state index contributed by atoms with van der Waals surface area (Å²) in [6.45, 7) is 7.94. The third kappa shape index (κ3) is 5.31. The summed E-state index contributed by atoms with van der Waals surface area (Å²) in [5.41, 5.74) is 3.04. The van der Waals surface area contributed by atoms with Crippen molar-refractivity contribution in [2.24, 2.45) is 0 Å². The van der Waals surface area contributed by atoms with Gasteiger partial charge in [-0.05, 0) is 67.9 Å². The fourth-order valence-electron chi connectivity index (χ4n) is 2.35. The Morgan fingerprint density at radius 3 is 2.27 bits per heavy atom. The molecule has 6 nitrogen and oxygen atoms in total. The Balaban J connectivity index is 2.06. The van der Waals surface area contributed by atoms with Crippen LogP contribution in [0.3, 0.4) is 0 Å². The van der Waals surface area contributed by atoms with Crippen LogP contribution < -0.4 is 15.4 Å². The number of benzene rings is 2. The largest absolute Gasteiger partial charge is 0.351 e. The fraction of sp³-hybridized carbons (Fsp3) is 0.316. The van der Waals surface area contributed by atoms with Crippen LogP contribution in [-0.2, 0) is 10.0 Å². The van der Waals surface area contributed by atoms with Crippen molar-refractivity contribution >= 4 is 21.6 Å².